The average Bonchev–Trinajstić information content (AvgIpc) is 3.20. The summed E-state index contributed by atoms with van der Waals surface area (Å²) in [6, 6.07) is 9.85. The fraction of sp³-hybridized carbons (Fsp3) is 0.269. The van der Waals surface area contributed by atoms with Gasteiger partial charge in [0.2, 0.25) is 0 Å². The van der Waals surface area contributed by atoms with E-state index < -0.39 is 0 Å². The number of hydrogen-bond donors (Lipinski definition) is 0. The molecule has 7 nitrogen and oxygen atoms in total. The summed E-state index contributed by atoms with van der Waals surface area (Å²) < 4.78 is 5.82. The van der Waals surface area contributed by atoms with Crippen LogP contribution in [-0.4, -0.2) is 48.6 Å². The van der Waals surface area contributed by atoms with Crippen molar-refractivity contribution in [2.75, 3.05) is 13.2 Å². The number of hydrogen-bond acceptors (Lipinski definition) is 7. The molecule has 2 aromatic rings. The topological polar surface area (TPSA) is 90.4 Å². The van der Waals surface area contributed by atoms with E-state index in [4.69, 9.17) is 4.74 Å². The molecule has 3 aliphatic heterocycles. The first kappa shape index (κ1) is 21.0. The number of rotatable bonds is 0. The third-order valence-electron chi connectivity index (χ3n) is 6.19. The molecular formula is C26H23N5O2. The second-order valence-electron chi connectivity index (χ2n) is 8.56. The number of benzene rings is 2. The molecule has 7 heteroatoms. The van der Waals surface area contributed by atoms with E-state index in [0.29, 0.717) is 35.9 Å². The SMILES string of the molecule is CC1C=COc2ccc3cc4c(C#N)c(c3c2)N=CC(=C4)N=CC2C=NCN2C[C@@H](C)C1=O. The van der Waals surface area contributed by atoms with Crippen LogP contribution < -0.4 is 4.74 Å². The molecule has 2 aromatic carbocycles. The fourth-order valence-electron chi connectivity index (χ4n) is 4.36. The van der Waals surface area contributed by atoms with Crippen LogP contribution in [0.3, 0.4) is 0 Å². The molecular weight excluding hydrogens is 414 g/mol. The average molecular weight is 438 g/mol. The standard InChI is InChI=1S/C26H23N5O2/c1-16-5-6-33-22-4-3-18-7-19-8-20(11-30-25(23(18)9-22)24(19)10-27)29-13-21-12-28-15-31(21)14-17(2)26(16)32/h3-9,11-13,16-17,21H,14-15H2,1-2H3/t16?,17-,21?/m1/s1. The molecule has 33 heavy (non-hydrogen) atoms. The Labute approximate surface area is 192 Å². The second-order valence-corrected chi connectivity index (χ2v) is 8.56. The Kier molecular flexibility index (Phi) is 5.45. The lowest BCUT2D eigenvalue weighted by molar-refractivity contribution is -0.125. The molecule has 0 N–H and O–H groups in total. The lowest BCUT2D eigenvalue weighted by Gasteiger charge is -2.24. The summed E-state index contributed by atoms with van der Waals surface area (Å²) in [6.45, 7) is 4.94. The van der Waals surface area contributed by atoms with Crippen LogP contribution in [0.1, 0.15) is 25.0 Å². The highest BCUT2D eigenvalue weighted by Gasteiger charge is 2.26. The van der Waals surface area contributed by atoms with Crippen LogP contribution in [0.4, 0.5) is 5.69 Å². The number of allylic oxidation sites excluding steroid dienone is 2. The first-order valence-electron chi connectivity index (χ1n) is 11.0. The Bertz CT molecular complexity index is 1330. The monoisotopic (exact) mass is 437 g/mol. The van der Waals surface area contributed by atoms with Crippen molar-refractivity contribution in [1.29, 1.82) is 5.26 Å². The third-order valence-corrected chi connectivity index (χ3v) is 6.19. The van der Waals surface area contributed by atoms with Crippen LogP contribution in [0.15, 0.2) is 57.3 Å². The normalized spacial score (nSPS) is 24.6. The van der Waals surface area contributed by atoms with Gasteiger partial charge in [-0.1, -0.05) is 19.9 Å². The fourth-order valence-corrected chi connectivity index (χ4v) is 4.36. The van der Waals surface area contributed by atoms with E-state index in [1.807, 2.05) is 56.6 Å². The Balaban J connectivity index is 1.63. The second kappa shape index (κ2) is 8.57. The van der Waals surface area contributed by atoms with E-state index in [9.17, 15) is 10.1 Å². The van der Waals surface area contributed by atoms with Gasteiger partial charge in [-0.25, -0.2) is 0 Å². The van der Waals surface area contributed by atoms with Crippen LogP contribution in [0.25, 0.3) is 16.8 Å². The van der Waals surface area contributed by atoms with Crippen molar-refractivity contribution in [1.82, 2.24) is 4.90 Å². The highest BCUT2D eigenvalue weighted by atomic mass is 16.5. The van der Waals surface area contributed by atoms with Crippen molar-refractivity contribution in [3.63, 3.8) is 0 Å². The molecule has 0 fully saturated rings. The molecule has 0 amide bonds. The van der Waals surface area contributed by atoms with Crippen LogP contribution in [0, 0.1) is 23.2 Å². The van der Waals surface area contributed by atoms with E-state index in [-0.39, 0.29) is 23.7 Å². The van der Waals surface area contributed by atoms with Gasteiger partial charge in [-0.2, -0.15) is 5.26 Å². The molecule has 0 spiro atoms. The van der Waals surface area contributed by atoms with Gasteiger partial charge in [0.25, 0.3) is 0 Å². The van der Waals surface area contributed by atoms with Crippen LogP contribution >= 0.6 is 0 Å². The highest BCUT2D eigenvalue weighted by Crippen LogP contribution is 2.37. The van der Waals surface area contributed by atoms with Gasteiger partial charge in [-0.3, -0.25) is 24.7 Å². The molecule has 5 bridgehead atoms. The van der Waals surface area contributed by atoms with Crippen LogP contribution in [-0.2, 0) is 4.79 Å². The van der Waals surface area contributed by atoms with Gasteiger partial charge in [-0.15, -0.1) is 0 Å². The Morgan fingerprint density at radius 1 is 1.18 bits per heavy atom. The Morgan fingerprint density at radius 3 is 2.91 bits per heavy atom. The first-order chi connectivity index (χ1) is 16.0. The molecule has 164 valence electrons. The predicted octanol–water partition coefficient (Wildman–Crippen LogP) is 4.30. The number of nitrogens with zero attached hydrogens (tertiary/aromatic N) is 5. The van der Waals surface area contributed by atoms with Gasteiger partial charge in [0.1, 0.15) is 17.6 Å². The highest BCUT2D eigenvalue weighted by molar-refractivity contribution is 6.04. The van der Waals surface area contributed by atoms with Crippen molar-refractivity contribution in [3.8, 4) is 11.8 Å². The molecule has 0 radical (unpaired) electrons. The predicted molar refractivity (Wildman–Crippen MR) is 130 cm³/mol. The van der Waals surface area contributed by atoms with Crippen molar-refractivity contribution in [3.05, 3.63) is 53.4 Å². The molecule has 0 saturated heterocycles. The molecule has 3 aliphatic rings. The van der Waals surface area contributed by atoms with Gasteiger partial charge in [0.05, 0.1) is 42.1 Å². The molecule has 2 unspecified atom stereocenters. The summed E-state index contributed by atoms with van der Waals surface area (Å²) in [6.07, 6.45) is 10.6. The van der Waals surface area contributed by atoms with Gasteiger partial charge < -0.3 is 4.74 Å². The minimum atomic E-state index is -0.278. The molecule has 3 atom stereocenters. The minimum absolute atomic E-state index is 0.106. The maximum absolute atomic E-state index is 12.9. The van der Waals surface area contributed by atoms with E-state index in [1.54, 1.807) is 18.6 Å². The van der Waals surface area contributed by atoms with E-state index in [1.165, 1.54) is 0 Å². The maximum atomic E-state index is 12.9. The Hall–Kier alpha value is -3.89. The number of nitriles is 1. The van der Waals surface area contributed by atoms with Crippen molar-refractivity contribution >= 4 is 47.0 Å². The number of Topliss-reactive ketones (excluding diaryl/α,β-unsaturated/α-hetero) is 1. The van der Waals surface area contributed by atoms with Gasteiger partial charge in [-0.05, 0) is 41.3 Å². The first-order valence-corrected chi connectivity index (χ1v) is 11.0. The third kappa shape index (κ3) is 4.01. The van der Waals surface area contributed by atoms with Crippen molar-refractivity contribution < 1.29 is 9.53 Å². The molecule has 3 heterocycles. The van der Waals surface area contributed by atoms with E-state index >= 15 is 0 Å². The number of carbonyl (C=O) groups excluding carboxylic acids is 1. The summed E-state index contributed by atoms with van der Waals surface area (Å²) in [5.74, 6) is 0.325. The zero-order chi connectivity index (χ0) is 22.9. The van der Waals surface area contributed by atoms with Crippen molar-refractivity contribution in [2.24, 2.45) is 26.8 Å². The van der Waals surface area contributed by atoms with Crippen LogP contribution in [0.2, 0.25) is 0 Å². The number of carbonyl (C=O) groups is 1. The molecule has 5 rings (SSSR count). The van der Waals surface area contributed by atoms with Crippen molar-refractivity contribution in [2.45, 2.75) is 19.9 Å². The number of aliphatic imine (C=N–C) groups is 3. The number of fused-ring (bicyclic) bond motifs is 4. The lowest BCUT2D eigenvalue weighted by atomic mass is 9.95. The molecule has 0 aliphatic carbocycles. The summed E-state index contributed by atoms with van der Waals surface area (Å²) in [5, 5.41) is 11.6. The number of ketones is 1. The van der Waals surface area contributed by atoms with Crippen LogP contribution in [0.5, 0.6) is 5.75 Å². The van der Waals surface area contributed by atoms with Gasteiger partial charge in [0, 0.05) is 36.2 Å². The lowest BCUT2D eigenvalue weighted by Crippen LogP contribution is -2.39. The largest absolute Gasteiger partial charge is 0.465 e. The number of ether oxygens (including phenoxy) is 1. The summed E-state index contributed by atoms with van der Waals surface area (Å²) in [7, 11) is 0. The van der Waals surface area contributed by atoms with Gasteiger partial charge in [0.15, 0.2) is 0 Å². The minimum Gasteiger partial charge on any atom is -0.465 e. The van der Waals surface area contributed by atoms with Gasteiger partial charge >= 0.3 is 0 Å². The summed E-state index contributed by atoms with van der Waals surface area (Å²) >= 11 is 0. The zero-order valence-electron chi connectivity index (χ0n) is 18.5. The maximum Gasteiger partial charge on any atom is 0.143 e. The Morgan fingerprint density at radius 2 is 2.06 bits per heavy atom. The van der Waals surface area contributed by atoms with E-state index in [2.05, 4.69) is 25.9 Å². The summed E-state index contributed by atoms with van der Waals surface area (Å²) in [4.78, 5) is 28.7. The smallest absolute Gasteiger partial charge is 0.143 e. The van der Waals surface area contributed by atoms with E-state index in [0.717, 1.165) is 16.3 Å². The molecule has 0 aromatic heterocycles. The zero-order valence-corrected chi connectivity index (χ0v) is 18.5. The molecule has 0 saturated carbocycles. The summed E-state index contributed by atoms with van der Waals surface area (Å²) in [5.41, 5.74) is 2.53. The quantitative estimate of drug-likeness (QED) is 0.615.